The lowest BCUT2D eigenvalue weighted by Crippen LogP contribution is -2.54. The zero-order chi connectivity index (χ0) is 14.4. The van der Waals surface area contributed by atoms with Crippen molar-refractivity contribution in [1.29, 1.82) is 0 Å². The molecule has 6 heteroatoms. The molecule has 3 fully saturated rings. The smallest absolute Gasteiger partial charge is 0.220 e. The normalized spacial score (nSPS) is 29.0. The van der Waals surface area contributed by atoms with E-state index in [0.29, 0.717) is 30.1 Å². The second kappa shape index (κ2) is 4.86. The molecule has 3 N–H and O–H groups in total. The molecule has 0 aromatic carbocycles. The zero-order valence-corrected chi connectivity index (χ0v) is 12.1. The van der Waals surface area contributed by atoms with Crippen LogP contribution in [0.5, 0.6) is 0 Å². The molecule has 0 radical (unpaired) electrons. The predicted octanol–water partition coefficient (Wildman–Crippen LogP) is 1.04. The number of amides is 1. The first-order chi connectivity index (χ1) is 10.2. The fraction of sp³-hybridized carbons (Fsp3) is 0.667. The second-order valence-corrected chi connectivity index (χ2v) is 6.49. The molecule has 2 aliphatic heterocycles. The van der Waals surface area contributed by atoms with Crippen LogP contribution in [-0.4, -0.2) is 35.0 Å². The predicted molar refractivity (Wildman–Crippen MR) is 79.9 cm³/mol. The van der Waals surface area contributed by atoms with Crippen molar-refractivity contribution < 1.29 is 4.79 Å². The van der Waals surface area contributed by atoms with Crippen LogP contribution in [0.15, 0.2) is 6.07 Å². The van der Waals surface area contributed by atoms with Gasteiger partial charge in [0.2, 0.25) is 5.91 Å². The molecule has 21 heavy (non-hydrogen) atoms. The molecule has 1 aliphatic carbocycles. The first-order valence-corrected chi connectivity index (χ1v) is 7.88. The molecular formula is C15H21N5O. The molecule has 1 aromatic heterocycles. The molecule has 0 spiro atoms. The number of nitrogens with one attached hydrogen (secondary N) is 1. The molecule has 2 atom stereocenters. The number of anilines is 2. The molecule has 1 amide bonds. The lowest BCUT2D eigenvalue weighted by atomic mass is 9.85. The Morgan fingerprint density at radius 1 is 1.24 bits per heavy atom. The van der Waals surface area contributed by atoms with Crippen molar-refractivity contribution in [1.82, 2.24) is 15.3 Å². The van der Waals surface area contributed by atoms with Gasteiger partial charge in [-0.2, -0.15) is 0 Å². The Bertz CT molecular complexity index is 571. The summed E-state index contributed by atoms with van der Waals surface area (Å²) in [6.07, 6.45) is 4.97. The number of fused-ring (bicyclic) bond motifs is 1. The number of rotatable bonds is 2. The van der Waals surface area contributed by atoms with E-state index in [1.165, 1.54) is 12.8 Å². The van der Waals surface area contributed by atoms with Crippen LogP contribution in [0.3, 0.4) is 0 Å². The van der Waals surface area contributed by atoms with Gasteiger partial charge < -0.3 is 16.0 Å². The van der Waals surface area contributed by atoms with Crippen LogP contribution in [0.4, 0.5) is 11.6 Å². The van der Waals surface area contributed by atoms with Gasteiger partial charge in [0.05, 0.1) is 0 Å². The molecule has 2 unspecified atom stereocenters. The number of nitrogens with zero attached hydrogens (tertiary/aromatic N) is 3. The van der Waals surface area contributed by atoms with Crippen LogP contribution in [0.2, 0.25) is 0 Å². The van der Waals surface area contributed by atoms with Crippen molar-refractivity contribution in [2.45, 2.75) is 44.1 Å². The van der Waals surface area contributed by atoms with E-state index in [2.05, 4.69) is 15.2 Å². The minimum absolute atomic E-state index is 0.201. The van der Waals surface area contributed by atoms with Gasteiger partial charge >= 0.3 is 0 Å². The van der Waals surface area contributed by atoms with E-state index >= 15 is 0 Å². The summed E-state index contributed by atoms with van der Waals surface area (Å²) in [7, 11) is 0. The number of hydrogen-bond acceptors (Lipinski definition) is 5. The lowest BCUT2D eigenvalue weighted by Gasteiger charge is -2.41. The lowest BCUT2D eigenvalue weighted by molar-refractivity contribution is -0.124. The molecule has 0 bridgehead atoms. The molecular weight excluding hydrogens is 266 g/mol. The van der Waals surface area contributed by atoms with Crippen LogP contribution >= 0.6 is 0 Å². The quantitative estimate of drug-likeness (QED) is 0.849. The van der Waals surface area contributed by atoms with Crippen LogP contribution in [0, 0.1) is 5.92 Å². The van der Waals surface area contributed by atoms with E-state index in [0.717, 1.165) is 37.6 Å². The number of aromatic nitrogens is 2. The van der Waals surface area contributed by atoms with Gasteiger partial charge in [0, 0.05) is 37.5 Å². The third-order valence-corrected chi connectivity index (χ3v) is 4.84. The Balaban J connectivity index is 1.53. The Morgan fingerprint density at radius 3 is 2.90 bits per heavy atom. The fourth-order valence-corrected chi connectivity index (χ4v) is 3.48. The summed E-state index contributed by atoms with van der Waals surface area (Å²) >= 11 is 0. The van der Waals surface area contributed by atoms with Gasteiger partial charge in [0.15, 0.2) is 0 Å². The molecule has 4 rings (SSSR count). The maximum absolute atomic E-state index is 11.5. The van der Waals surface area contributed by atoms with Crippen molar-refractivity contribution in [3.63, 3.8) is 0 Å². The summed E-state index contributed by atoms with van der Waals surface area (Å²) < 4.78 is 0. The standard InChI is InChI=1S/C15H21N5O/c16-12-7-13(19-15(18-12)9-1-2-9)20-6-5-11-10(8-20)3-4-14(21)17-11/h7,9-11H,1-6,8H2,(H,17,21)(H2,16,18,19). The summed E-state index contributed by atoms with van der Waals surface area (Å²) in [5.74, 6) is 3.67. The van der Waals surface area contributed by atoms with Crippen LogP contribution in [0.25, 0.3) is 0 Å². The van der Waals surface area contributed by atoms with Crippen molar-refractivity contribution >= 4 is 17.5 Å². The van der Waals surface area contributed by atoms with Gasteiger partial charge in [-0.05, 0) is 31.6 Å². The summed E-state index contributed by atoms with van der Waals surface area (Å²) in [6, 6.07) is 2.22. The van der Waals surface area contributed by atoms with Crippen molar-refractivity contribution in [3.8, 4) is 0 Å². The molecule has 1 saturated carbocycles. The summed E-state index contributed by atoms with van der Waals surface area (Å²) in [4.78, 5) is 22.9. The van der Waals surface area contributed by atoms with E-state index in [1.807, 2.05) is 6.07 Å². The Morgan fingerprint density at radius 2 is 2.10 bits per heavy atom. The topological polar surface area (TPSA) is 84.1 Å². The summed E-state index contributed by atoms with van der Waals surface area (Å²) in [6.45, 7) is 1.87. The van der Waals surface area contributed by atoms with Crippen molar-refractivity contribution in [2.75, 3.05) is 23.7 Å². The molecule has 3 aliphatic rings. The van der Waals surface area contributed by atoms with E-state index < -0.39 is 0 Å². The van der Waals surface area contributed by atoms with Gasteiger partial charge in [-0.3, -0.25) is 4.79 Å². The highest BCUT2D eigenvalue weighted by molar-refractivity contribution is 5.77. The Kier molecular flexibility index (Phi) is 2.97. The average molecular weight is 287 g/mol. The summed E-state index contributed by atoms with van der Waals surface area (Å²) in [5.41, 5.74) is 5.95. The average Bonchev–Trinajstić information content (AvgIpc) is 3.30. The maximum atomic E-state index is 11.5. The van der Waals surface area contributed by atoms with E-state index in [4.69, 9.17) is 10.7 Å². The van der Waals surface area contributed by atoms with Gasteiger partial charge in [0.1, 0.15) is 17.5 Å². The van der Waals surface area contributed by atoms with Gasteiger partial charge in [0.25, 0.3) is 0 Å². The molecule has 6 nitrogen and oxygen atoms in total. The van der Waals surface area contributed by atoms with Gasteiger partial charge in [-0.15, -0.1) is 0 Å². The highest BCUT2D eigenvalue weighted by Crippen LogP contribution is 2.39. The SMILES string of the molecule is Nc1cc(N2CCC3NC(=O)CCC3C2)nc(C2CC2)n1. The third-order valence-electron chi connectivity index (χ3n) is 4.84. The summed E-state index contributed by atoms with van der Waals surface area (Å²) in [5, 5.41) is 3.12. The monoisotopic (exact) mass is 287 g/mol. The van der Waals surface area contributed by atoms with Crippen LogP contribution in [-0.2, 0) is 4.79 Å². The first kappa shape index (κ1) is 12.9. The number of nitrogens with two attached hydrogens (primary N) is 1. The third kappa shape index (κ3) is 2.54. The molecule has 112 valence electrons. The van der Waals surface area contributed by atoms with Crippen LogP contribution in [0.1, 0.15) is 43.8 Å². The number of hydrogen-bond donors (Lipinski definition) is 2. The number of nitrogen functional groups attached to an aromatic ring is 1. The minimum Gasteiger partial charge on any atom is -0.384 e. The molecule has 3 heterocycles. The highest BCUT2D eigenvalue weighted by Gasteiger charge is 2.35. The largest absolute Gasteiger partial charge is 0.384 e. The second-order valence-electron chi connectivity index (χ2n) is 6.49. The van der Waals surface area contributed by atoms with E-state index in [1.54, 1.807) is 0 Å². The number of piperidine rings is 2. The fourth-order valence-electron chi connectivity index (χ4n) is 3.48. The maximum Gasteiger partial charge on any atom is 0.220 e. The van der Waals surface area contributed by atoms with Gasteiger partial charge in [-0.25, -0.2) is 9.97 Å². The van der Waals surface area contributed by atoms with E-state index in [9.17, 15) is 4.79 Å². The number of carbonyl (C=O) groups is 1. The van der Waals surface area contributed by atoms with Crippen LogP contribution < -0.4 is 16.0 Å². The first-order valence-electron chi connectivity index (χ1n) is 7.88. The molecule has 2 saturated heterocycles. The van der Waals surface area contributed by atoms with Crippen molar-refractivity contribution in [3.05, 3.63) is 11.9 Å². The van der Waals surface area contributed by atoms with E-state index in [-0.39, 0.29) is 5.91 Å². The Labute approximate surface area is 124 Å². The number of carbonyl (C=O) groups excluding carboxylic acids is 1. The highest BCUT2D eigenvalue weighted by atomic mass is 16.1. The van der Waals surface area contributed by atoms with Gasteiger partial charge in [-0.1, -0.05) is 0 Å². The minimum atomic E-state index is 0.201. The zero-order valence-electron chi connectivity index (χ0n) is 12.1. The Hall–Kier alpha value is -1.85. The van der Waals surface area contributed by atoms with Crippen molar-refractivity contribution in [2.24, 2.45) is 5.92 Å². The molecule has 1 aromatic rings.